The van der Waals surface area contributed by atoms with Crippen LogP contribution in [-0.4, -0.2) is 30.8 Å². The normalized spacial score (nSPS) is 11.3. The van der Waals surface area contributed by atoms with Gasteiger partial charge in [-0.3, -0.25) is 14.0 Å². The number of aromatic nitrogens is 4. The van der Waals surface area contributed by atoms with Crippen molar-refractivity contribution < 1.29 is 4.79 Å². The van der Waals surface area contributed by atoms with Crippen LogP contribution >= 0.6 is 23.4 Å². The molecule has 0 aliphatic carbocycles. The maximum atomic E-state index is 13.6. The Morgan fingerprint density at radius 1 is 0.971 bits per heavy atom. The molecule has 0 bridgehead atoms. The minimum absolute atomic E-state index is 0.100. The molecular formula is C25H20ClN5O2S. The Bertz CT molecular complexity index is 1610. The number of amides is 1. The van der Waals surface area contributed by atoms with Gasteiger partial charge in [-0.2, -0.15) is 0 Å². The number of nitrogens with one attached hydrogen (secondary N) is 1. The van der Waals surface area contributed by atoms with Crippen LogP contribution in [-0.2, 0) is 4.79 Å². The summed E-state index contributed by atoms with van der Waals surface area (Å²) in [7, 11) is 0. The number of hydrogen-bond donors (Lipinski definition) is 1. The molecule has 3 aromatic carbocycles. The van der Waals surface area contributed by atoms with Crippen molar-refractivity contribution in [3.8, 4) is 5.69 Å². The first-order valence-electron chi connectivity index (χ1n) is 10.6. The second-order valence-corrected chi connectivity index (χ2v) is 9.18. The van der Waals surface area contributed by atoms with Crippen molar-refractivity contribution >= 4 is 51.6 Å². The van der Waals surface area contributed by atoms with Gasteiger partial charge in [-0.15, -0.1) is 10.2 Å². The van der Waals surface area contributed by atoms with Crippen LogP contribution in [0.5, 0.6) is 0 Å². The van der Waals surface area contributed by atoms with Gasteiger partial charge < -0.3 is 5.32 Å². The van der Waals surface area contributed by atoms with Crippen molar-refractivity contribution in [2.45, 2.75) is 19.0 Å². The quantitative estimate of drug-likeness (QED) is 0.350. The maximum absolute atomic E-state index is 13.6. The summed E-state index contributed by atoms with van der Waals surface area (Å²) in [5.41, 5.74) is 3.76. The first kappa shape index (κ1) is 22.2. The molecule has 34 heavy (non-hydrogen) atoms. The summed E-state index contributed by atoms with van der Waals surface area (Å²) in [6.45, 7) is 3.93. The molecule has 2 aromatic heterocycles. The third-order valence-corrected chi connectivity index (χ3v) is 6.80. The average molecular weight is 490 g/mol. The zero-order valence-electron chi connectivity index (χ0n) is 18.4. The average Bonchev–Trinajstić information content (AvgIpc) is 3.25. The summed E-state index contributed by atoms with van der Waals surface area (Å²) < 4.78 is 3.43. The highest BCUT2D eigenvalue weighted by atomic mass is 35.5. The molecule has 2 heterocycles. The maximum Gasteiger partial charge on any atom is 0.267 e. The molecule has 170 valence electrons. The first-order valence-corrected chi connectivity index (χ1v) is 11.9. The summed E-state index contributed by atoms with van der Waals surface area (Å²) >= 11 is 7.39. The number of fused-ring (bicyclic) bond motifs is 3. The lowest BCUT2D eigenvalue weighted by molar-refractivity contribution is -0.113. The van der Waals surface area contributed by atoms with Gasteiger partial charge in [0.15, 0.2) is 5.16 Å². The predicted octanol–water partition coefficient (Wildman–Crippen LogP) is 5.03. The number of carbonyl (C=O) groups is 1. The fraction of sp³-hybridized carbons (Fsp3) is 0.120. The van der Waals surface area contributed by atoms with Crippen LogP contribution in [0.3, 0.4) is 0 Å². The van der Waals surface area contributed by atoms with E-state index in [4.69, 9.17) is 11.6 Å². The molecule has 0 atom stereocenters. The number of para-hydroxylation sites is 3. The van der Waals surface area contributed by atoms with Gasteiger partial charge in [0.2, 0.25) is 11.7 Å². The van der Waals surface area contributed by atoms with Crippen molar-refractivity contribution in [2.24, 2.45) is 0 Å². The molecule has 1 N–H and O–H groups in total. The van der Waals surface area contributed by atoms with Crippen LogP contribution in [0.1, 0.15) is 11.1 Å². The van der Waals surface area contributed by atoms with E-state index in [-0.39, 0.29) is 17.2 Å². The molecule has 0 fully saturated rings. The van der Waals surface area contributed by atoms with Crippen LogP contribution in [0.15, 0.2) is 76.7 Å². The number of rotatable bonds is 5. The van der Waals surface area contributed by atoms with Gasteiger partial charge in [-0.05, 0) is 49.2 Å². The first-order chi connectivity index (χ1) is 16.5. The number of aryl methyl sites for hydroxylation is 2. The third-order valence-electron chi connectivity index (χ3n) is 5.54. The van der Waals surface area contributed by atoms with Crippen LogP contribution in [0.2, 0.25) is 5.02 Å². The van der Waals surface area contributed by atoms with Crippen LogP contribution in [0, 0.1) is 13.8 Å². The number of carbonyl (C=O) groups excluding carboxylic acids is 1. The summed E-state index contributed by atoms with van der Waals surface area (Å²) in [6, 6.07) is 20.3. The van der Waals surface area contributed by atoms with E-state index in [1.807, 2.05) is 54.6 Å². The summed E-state index contributed by atoms with van der Waals surface area (Å²) in [5.74, 6) is 0.278. The third kappa shape index (κ3) is 3.85. The van der Waals surface area contributed by atoms with Gasteiger partial charge in [0.1, 0.15) is 0 Å². The van der Waals surface area contributed by atoms with E-state index in [1.165, 1.54) is 11.8 Å². The Balaban J connectivity index is 1.60. The molecule has 5 rings (SSSR count). The smallest absolute Gasteiger partial charge is 0.267 e. The largest absolute Gasteiger partial charge is 0.324 e. The van der Waals surface area contributed by atoms with Gasteiger partial charge >= 0.3 is 0 Å². The Morgan fingerprint density at radius 3 is 2.44 bits per heavy atom. The lowest BCUT2D eigenvalue weighted by atomic mass is 10.1. The van der Waals surface area contributed by atoms with Crippen molar-refractivity contribution in [3.05, 3.63) is 93.2 Å². The van der Waals surface area contributed by atoms with E-state index in [9.17, 15) is 9.59 Å². The number of halogens is 1. The molecule has 0 spiro atoms. The van der Waals surface area contributed by atoms with E-state index in [2.05, 4.69) is 15.5 Å². The van der Waals surface area contributed by atoms with Gasteiger partial charge in [-0.25, -0.2) is 4.57 Å². The molecule has 9 heteroatoms. The summed E-state index contributed by atoms with van der Waals surface area (Å²) in [6.07, 6.45) is 0. The lowest BCUT2D eigenvalue weighted by Gasteiger charge is -2.15. The highest BCUT2D eigenvalue weighted by Gasteiger charge is 2.20. The Hall–Kier alpha value is -3.62. The number of nitrogens with zero attached hydrogens (tertiary/aromatic N) is 4. The fourth-order valence-corrected chi connectivity index (χ4v) is 4.93. The van der Waals surface area contributed by atoms with Crippen LogP contribution < -0.4 is 10.9 Å². The molecule has 7 nitrogen and oxygen atoms in total. The highest BCUT2D eigenvalue weighted by Crippen LogP contribution is 2.26. The van der Waals surface area contributed by atoms with Gasteiger partial charge in [-0.1, -0.05) is 65.8 Å². The van der Waals surface area contributed by atoms with Crippen molar-refractivity contribution in [2.75, 3.05) is 11.1 Å². The SMILES string of the molecule is Cc1cccc(C)c1-n1c(=O)c2ccccc2n2c(SCC(=O)Nc3ccccc3Cl)nnc12. The topological polar surface area (TPSA) is 81.3 Å². The predicted molar refractivity (Wildman–Crippen MR) is 136 cm³/mol. The monoisotopic (exact) mass is 489 g/mol. The molecule has 0 radical (unpaired) electrons. The van der Waals surface area contributed by atoms with E-state index in [1.54, 1.807) is 34.9 Å². The lowest BCUT2D eigenvalue weighted by Crippen LogP contribution is -2.23. The van der Waals surface area contributed by atoms with Gasteiger partial charge in [0.25, 0.3) is 5.56 Å². The highest BCUT2D eigenvalue weighted by molar-refractivity contribution is 7.99. The van der Waals surface area contributed by atoms with Crippen molar-refractivity contribution in [3.63, 3.8) is 0 Å². The molecular weight excluding hydrogens is 470 g/mol. The number of hydrogen-bond acceptors (Lipinski definition) is 5. The molecule has 0 saturated heterocycles. The second kappa shape index (κ2) is 8.96. The van der Waals surface area contributed by atoms with Crippen molar-refractivity contribution in [1.82, 2.24) is 19.2 Å². The number of benzene rings is 3. The van der Waals surface area contributed by atoms with E-state index in [0.717, 1.165) is 16.8 Å². The molecule has 0 unspecified atom stereocenters. The molecule has 1 amide bonds. The van der Waals surface area contributed by atoms with Crippen LogP contribution in [0.25, 0.3) is 22.4 Å². The Morgan fingerprint density at radius 2 is 1.68 bits per heavy atom. The number of thioether (sulfide) groups is 1. The van der Waals surface area contributed by atoms with Crippen molar-refractivity contribution in [1.29, 1.82) is 0 Å². The minimum atomic E-state index is -0.220. The summed E-state index contributed by atoms with van der Waals surface area (Å²) in [4.78, 5) is 26.1. The standard InChI is InChI=1S/C25H20ClN5O2S/c1-15-8-7-9-16(2)22(15)31-23(33)17-10-3-6-13-20(17)30-24(31)28-29-25(30)34-14-21(32)27-19-12-5-4-11-18(19)26/h3-13H,14H2,1-2H3,(H,27,32). The van der Waals surface area contributed by atoms with Gasteiger partial charge in [0, 0.05) is 0 Å². The second-order valence-electron chi connectivity index (χ2n) is 7.83. The van der Waals surface area contributed by atoms with E-state index >= 15 is 0 Å². The van der Waals surface area contributed by atoms with E-state index in [0.29, 0.717) is 32.5 Å². The minimum Gasteiger partial charge on any atom is -0.324 e. The fourth-order valence-electron chi connectivity index (χ4n) is 4.01. The van der Waals surface area contributed by atoms with Crippen LogP contribution in [0.4, 0.5) is 5.69 Å². The number of anilines is 1. The summed E-state index contributed by atoms with van der Waals surface area (Å²) in [5, 5.41) is 13.0. The molecule has 0 saturated carbocycles. The Labute approximate surface area is 204 Å². The molecule has 5 aromatic rings. The zero-order chi connectivity index (χ0) is 23.8. The molecule has 0 aliphatic heterocycles. The zero-order valence-corrected chi connectivity index (χ0v) is 20.0. The van der Waals surface area contributed by atoms with Gasteiger partial charge in [0.05, 0.1) is 33.1 Å². The van der Waals surface area contributed by atoms with E-state index < -0.39 is 0 Å². The Kier molecular flexibility index (Phi) is 5.85. The molecule has 0 aliphatic rings.